The van der Waals surface area contributed by atoms with E-state index in [1.54, 1.807) is 4.90 Å². The fraction of sp³-hybridized carbons (Fsp3) is 0.500. The number of aromatic amines is 1. The fourth-order valence-electron chi connectivity index (χ4n) is 6.12. The molecule has 2 aliphatic carbocycles. The van der Waals surface area contributed by atoms with Gasteiger partial charge in [0.2, 0.25) is 5.91 Å². The van der Waals surface area contributed by atoms with Gasteiger partial charge in [-0.2, -0.15) is 0 Å². The molecule has 1 saturated heterocycles. The van der Waals surface area contributed by atoms with Crippen molar-refractivity contribution in [1.29, 1.82) is 0 Å². The van der Waals surface area contributed by atoms with Gasteiger partial charge in [0.1, 0.15) is 0 Å². The first kappa shape index (κ1) is 22.8. The number of aromatic nitrogens is 5. The van der Waals surface area contributed by atoms with Crippen LogP contribution in [-0.2, 0) is 9.59 Å². The van der Waals surface area contributed by atoms with Gasteiger partial charge in [0.15, 0.2) is 11.6 Å². The Morgan fingerprint density at radius 3 is 2.56 bits per heavy atom. The van der Waals surface area contributed by atoms with Gasteiger partial charge >= 0.3 is 0 Å². The summed E-state index contributed by atoms with van der Waals surface area (Å²) in [6.45, 7) is 1.15. The van der Waals surface area contributed by atoms with Crippen LogP contribution in [0.4, 0.5) is 4.39 Å². The Morgan fingerprint density at radius 2 is 1.83 bits per heavy atom. The molecular formula is C24H26FN7O4. The maximum absolute atomic E-state index is 14.7. The molecule has 3 aromatic heterocycles. The Balaban J connectivity index is 1.15. The SMILES string of the molecule is O=C(C(=O)N1CCN(C(=O)C2CC3CC2CCC3O)CC1)c1c[nH]c2c(-n3ccnn3)ncc(F)c12. The number of fused-ring (bicyclic) bond motifs is 3. The number of nitrogens with zero attached hydrogens (tertiary/aromatic N) is 6. The molecule has 12 heteroatoms. The number of piperazine rings is 1. The average Bonchev–Trinajstić information content (AvgIpc) is 3.65. The molecule has 4 atom stereocenters. The maximum Gasteiger partial charge on any atom is 0.295 e. The van der Waals surface area contributed by atoms with Crippen LogP contribution in [0.2, 0.25) is 0 Å². The lowest BCUT2D eigenvalue weighted by atomic mass is 9.85. The molecule has 2 N–H and O–H groups in total. The summed E-state index contributed by atoms with van der Waals surface area (Å²) in [6.07, 6.45) is 8.22. The van der Waals surface area contributed by atoms with Crippen molar-refractivity contribution in [2.75, 3.05) is 26.2 Å². The molecule has 36 heavy (non-hydrogen) atoms. The number of hydrogen-bond donors (Lipinski definition) is 2. The van der Waals surface area contributed by atoms with Gasteiger partial charge in [-0.1, -0.05) is 5.21 Å². The normalized spacial score (nSPS) is 25.9. The van der Waals surface area contributed by atoms with E-state index in [9.17, 15) is 23.9 Å². The molecule has 3 fully saturated rings. The molecule has 2 saturated carbocycles. The minimum atomic E-state index is -0.825. The van der Waals surface area contributed by atoms with Gasteiger partial charge in [-0.05, 0) is 37.5 Å². The summed E-state index contributed by atoms with van der Waals surface area (Å²) in [7, 11) is 0. The number of H-pyrrole nitrogens is 1. The van der Waals surface area contributed by atoms with Crippen LogP contribution in [0, 0.1) is 23.6 Å². The lowest BCUT2D eigenvalue weighted by molar-refractivity contribution is -0.141. The molecule has 4 unspecified atom stereocenters. The number of nitrogens with one attached hydrogen (secondary N) is 1. The van der Waals surface area contributed by atoms with E-state index in [-0.39, 0.29) is 59.2 Å². The predicted molar refractivity (Wildman–Crippen MR) is 123 cm³/mol. The minimum absolute atomic E-state index is 0.0304. The van der Waals surface area contributed by atoms with Crippen molar-refractivity contribution < 1.29 is 23.9 Å². The number of carbonyl (C=O) groups is 3. The van der Waals surface area contributed by atoms with Crippen molar-refractivity contribution in [1.82, 2.24) is 34.8 Å². The van der Waals surface area contributed by atoms with Gasteiger partial charge in [0, 0.05) is 38.3 Å². The van der Waals surface area contributed by atoms with Crippen molar-refractivity contribution in [2.24, 2.45) is 17.8 Å². The zero-order valence-corrected chi connectivity index (χ0v) is 19.5. The third-order valence-corrected chi connectivity index (χ3v) is 8.03. The van der Waals surface area contributed by atoms with Gasteiger partial charge in [-0.3, -0.25) is 14.4 Å². The molecule has 1 aliphatic heterocycles. The summed E-state index contributed by atoms with van der Waals surface area (Å²) in [5, 5.41) is 17.7. The summed E-state index contributed by atoms with van der Waals surface area (Å²) in [4.78, 5) is 49.4. The van der Waals surface area contributed by atoms with Crippen LogP contribution >= 0.6 is 0 Å². The van der Waals surface area contributed by atoms with Crippen LogP contribution in [0.3, 0.4) is 0 Å². The predicted octanol–water partition coefficient (Wildman–Crippen LogP) is 0.933. The standard InChI is InChI=1S/C24H26FN7O4/c25-17-12-27-22(32-4-3-28-29-32)20-19(17)16(11-26-20)21(34)24(36)31-7-5-30(6-8-31)23(35)15-10-14-9-13(15)1-2-18(14)33/h3-4,11-15,18,26,33H,1-2,5-10H2. The third-order valence-electron chi connectivity index (χ3n) is 8.03. The van der Waals surface area contributed by atoms with E-state index in [0.717, 1.165) is 31.9 Å². The molecule has 6 rings (SSSR count). The number of Topliss-reactive ketones (excluding diaryl/α,β-unsaturated/α-hetero) is 1. The van der Waals surface area contributed by atoms with Crippen molar-refractivity contribution in [3.63, 3.8) is 0 Å². The molecule has 188 valence electrons. The number of amides is 2. The third kappa shape index (κ3) is 3.67. The van der Waals surface area contributed by atoms with E-state index in [0.29, 0.717) is 19.0 Å². The maximum atomic E-state index is 14.7. The quantitative estimate of drug-likeness (QED) is 0.406. The Kier molecular flexibility index (Phi) is 5.55. The Labute approximate surface area is 205 Å². The summed E-state index contributed by atoms with van der Waals surface area (Å²) < 4.78 is 16.0. The molecule has 4 heterocycles. The second-order valence-electron chi connectivity index (χ2n) is 9.92. The number of rotatable bonds is 4. The first-order valence-electron chi connectivity index (χ1n) is 12.2. The van der Waals surface area contributed by atoms with Crippen LogP contribution in [-0.4, -0.2) is 89.7 Å². The van der Waals surface area contributed by atoms with Gasteiger partial charge in [0.05, 0.1) is 41.2 Å². The van der Waals surface area contributed by atoms with E-state index in [1.807, 2.05) is 0 Å². The van der Waals surface area contributed by atoms with Crippen molar-refractivity contribution in [3.8, 4) is 5.82 Å². The first-order chi connectivity index (χ1) is 17.4. The van der Waals surface area contributed by atoms with Gasteiger partial charge in [0.25, 0.3) is 11.7 Å². The molecule has 0 aromatic carbocycles. The van der Waals surface area contributed by atoms with E-state index in [2.05, 4.69) is 20.3 Å². The molecule has 3 aromatic rings. The van der Waals surface area contributed by atoms with E-state index >= 15 is 0 Å². The minimum Gasteiger partial charge on any atom is -0.393 e. The van der Waals surface area contributed by atoms with Crippen LogP contribution in [0.5, 0.6) is 0 Å². The van der Waals surface area contributed by atoms with Crippen LogP contribution in [0.25, 0.3) is 16.7 Å². The fourth-order valence-corrected chi connectivity index (χ4v) is 6.12. The summed E-state index contributed by atoms with van der Waals surface area (Å²) >= 11 is 0. The van der Waals surface area contributed by atoms with Gasteiger partial charge < -0.3 is 19.9 Å². The number of ketones is 1. The Morgan fingerprint density at radius 1 is 1.06 bits per heavy atom. The zero-order valence-electron chi connectivity index (χ0n) is 19.5. The first-order valence-corrected chi connectivity index (χ1v) is 12.2. The number of aliphatic hydroxyl groups is 1. The Hall–Kier alpha value is -3.67. The van der Waals surface area contributed by atoms with Crippen LogP contribution in [0.1, 0.15) is 36.0 Å². The second kappa shape index (κ2) is 8.77. The monoisotopic (exact) mass is 495 g/mol. The molecule has 2 bridgehead atoms. The van der Waals surface area contributed by atoms with Crippen molar-refractivity contribution >= 4 is 28.5 Å². The number of hydrogen-bond acceptors (Lipinski definition) is 7. The average molecular weight is 496 g/mol. The lowest BCUT2D eigenvalue weighted by Gasteiger charge is -2.36. The van der Waals surface area contributed by atoms with Gasteiger partial charge in [-0.15, -0.1) is 5.10 Å². The van der Waals surface area contributed by atoms with Crippen molar-refractivity contribution in [3.05, 3.63) is 36.2 Å². The molecular weight excluding hydrogens is 469 g/mol. The Bertz CT molecular complexity index is 1330. The molecule has 0 spiro atoms. The zero-order chi connectivity index (χ0) is 25.0. The van der Waals surface area contributed by atoms with E-state index < -0.39 is 17.5 Å². The number of halogens is 1. The highest BCUT2D eigenvalue weighted by Gasteiger charge is 2.46. The largest absolute Gasteiger partial charge is 0.393 e. The van der Waals surface area contributed by atoms with Crippen molar-refractivity contribution in [2.45, 2.75) is 31.8 Å². The summed E-state index contributed by atoms with van der Waals surface area (Å²) in [5.41, 5.74) is 0.158. The topological polar surface area (TPSA) is 137 Å². The lowest BCUT2D eigenvalue weighted by Crippen LogP contribution is -2.53. The smallest absolute Gasteiger partial charge is 0.295 e. The highest BCUT2D eigenvalue weighted by Crippen LogP contribution is 2.46. The summed E-state index contributed by atoms with van der Waals surface area (Å²) in [5.74, 6) is -1.49. The highest BCUT2D eigenvalue weighted by atomic mass is 19.1. The van der Waals surface area contributed by atoms with Crippen LogP contribution < -0.4 is 0 Å². The summed E-state index contributed by atoms with van der Waals surface area (Å²) in [6, 6.07) is 0. The molecule has 2 amide bonds. The molecule has 0 radical (unpaired) electrons. The van der Waals surface area contributed by atoms with E-state index in [1.165, 1.54) is 28.2 Å². The van der Waals surface area contributed by atoms with Gasteiger partial charge in [-0.25, -0.2) is 14.1 Å². The molecule has 3 aliphatic rings. The van der Waals surface area contributed by atoms with Crippen LogP contribution in [0.15, 0.2) is 24.8 Å². The number of pyridine rings is 1. The number of carbonyl (C=O) groups excluding carboxylic acids is 3. The highest BCUT2D eigenvalue weighted by molar-refractivity contribution is 6.45. The number of aliphatic hydroxyl groups excluding tert-OH is 1. The van der Waals surface area contributed by atoms with E-state index in [4.69, 9.17) is 0 Å². The molecule has 11 nitrogen and oxygen atoms in total. The second-order valence-corrected chi connectivity index (χ2v) is 9.92.